The van der Waals surface area contributed by atoms with Gasteiger partial charge in [0.05, 0.1) is 17.4 Å². The Morgan fingerprint density at radius 3 is 2.81 bits per heavy atom. The summed E-state index contributed by atoms with van der Waals surface area (Å²) in [6, 6.07) is 10.7. The van der Waals surface area contributed by atoms with Crippen LogP contribution in [-0.4, -0.2) is 16.0 Å². The Labute approximate surface area is 154 Å². The van der Waals surface area contributed by atoms with Gasteiger partial charge < -0.3 is 19.8 Å². The van der Waals surface area contributed by atoms with Gasteiger partial charge in [-0.05, 0) is 61.4 Å². The molecule has 4 aromatic rings. The van der Waals surface area contributed by atoms with E-state index in [0.717, 1.165) is 16.5 Å². The van der Waals surface area contributed by atoms with Gasteiger partial charge in [-0.25, -0.2) is 4.79 Å². The summed E-state index contributed by atoms with van der Waals surface area (Å²) in [7, 11) is 0. The van der Waals surface area contributed by atoms with E-state index in [0.29, 0.717) is 22.2 Å². The number of aryl methyl sites for hydroxylation is 2. The Balaban J connectivity index is 1.66. The molecule has 136 valence electrons. The van der Waals surface area contributed by atoms with Crippen molar-refractivity contribution in [2.24, 2.45) is 0 Å². The molecule has 2 heterocycles. The predicted molar refractivity (Wildman–Crippen MR) is 104 cm³/mol. The molecule has 0 spiro atoms. The average molecular weight is 362 g/mol. The first-order valence-corrected chi connectivity index (χ1v) is 8.55. The molecule has 0 bridgehead atoms. The van der Waals surface area contributed by atoms with E-state index < -0.39 is 5.63 Å². The van der Waals surface area contributed by atoms with E-state index in [9.17, 15) is 14.7 Å². The van der Waals surface area contributed by atoms with Crippen LogP contribution in [0.1, 0.15) is 16.7 Å². The maximum Gasteiger partial charge on any atom is 0.340 e. The molecule has 0 aliphatic rings. The van der Waals surface area contributed by atoms with Crippen LogP contribution in [0.3, 0.4) is 0 Å². The lowest BCUT2D eigenvalue weighted by Crippen LogP contribution is -2.20. The summed E-state index contributed by atoms with van der Waals surface area (Å²) in [5.74, 6) is -0.294. The molecule has 0 saturated carbocycles. The molecule has 0 saturated heterocycles. The lowest BCUT2D eigenvalue weighted by atomic mass is 10.0. The van der Waals surface area contributed by atoms with Gasteiger partial charge in [-0.15, -0.1) is 0 Å². The first-order valence-electron chi connectivity index (χ1n) is 8.55. The zero-order valence-electron chi connectivity index (χ0n) is 14.9. The topological polar surface area (TPSA) is 95.3 Å². The Morgan fingerprint density at radius 1 is 1.19 bits per heavy atom. The monoisotopic (exact) mass is 362 g/mol. The van der Waals surface area contributed by atoms with Crippen molar-refractivity contribution in [3.63, 3.8) is 0 Å². The maximum atomic E-state index is 12.5. The van der Waals surface area contributed by atoms with Crippen molar-refractivity contribution >= 4 is 33.5 Å². The van der Waals surface area contributed by atoms with E-state index >= 15 is 0 Å². The number of aromatic amines is 1. The summed E-state index contributed by atoms with van der Waals surface area (Å²) in [6.45, 7) is 3.51. The largest absolute Gasteiger partial charge is 0.507 e. The molecule has 0 radical (unpaired) electrons. The fraction of sp³-hybridized carbons (Fsp3) is 0.143. The average Bonchev–Trinajstić information content (AvgIpc) is 3.05. The highest BCUT2D eigenvalue weighted by molar-refractivity contribution is 5.96. The summed E-state index contributed by atoms with van der Waals surface area (Å²) < 4.78 is 5.33. The van der Waals surface area contributed by atoms with Crippen LogP contribution in [0.5, 0.6) is 5.75 Å². The predicted octanol–water partition coefficient (Wildman–Crippen LogP) is 3.78. The molecule has 3 N–H and O–H groups in total. The Kier molecular flexibility index (Phi) is 3.96. The van der Waals surface area contributed by atoms with Crippen LogP contribution in [0, 0.1) is 13.8 Å². The van der Waals surface area contributed by atoms with Crippen LogP contribution in [0.2, 0.25) is 0 Å². The smallest absolute Gasteiger partial charge is 0.340 e. The van der Waals surface area contributed by atoms with Crippen LogP contribution in [-0.2, 0) is 11.2 Å². The lowest BCUT2D eigenvalue weighted by Gasteiger charge is -2.10. The van der Waals surface area contributed by atoms with E-state index in [4.69, 9.17) is 4.42 Å². The van der Waals surface area contributed by atoms with E-state index in [1.807, 2.05) is 24.4 Å². The number of hydrogen-bond donors (Lipinski definition) is 3. The normalized spacial score (nSPS) is 11.2. The zero-order valence-corrected chi connectivity index (χ0v) is 14.9. The second-order valence-corrected chi connectivity index (χ2v) is 6.65. The van der Waals surface area contributed by atoms with Crippen molar-refractivity contribution in [2.75, 3.05) is 5.32 Å². The van der Waals surface area contributed by atoms with Gasteiger partial charge in [-0.1, -0.05) is 0 Å². The molecule has 0 fully saturated rings. The van der Waals surface area contributed by atoms with Gasteiger partial charge in [0.1, 0.15) is 11.3 Å². The van der Waals surface area contributed by atoms with Crippen LogP contribution >= 0.6 is 0 Å². The molecular formula is C21H18N2O4. The van der Waals surface area contributed by atoms with Crippen molar-refractivity contribution in [3.05, 3.63) is 69.7 Å². The number of hydrogen-bond acceptors (Lipinski definition) is 4. The van der Waals surface area contributed by atoms with E-state index in [-0.39, 0.29) is 23.6 Å². The molecule has 27 heavy (non-hydrogen) atoms. The maximum absolute atomic E-state index is 12.5. The number of anilines is 1. The number of aromatic hydroxyl groups is 1. The molecule has 2 aromatic heterocycles. The zero-order chi connectivity index (χ0) is 19.1. The summed E-state index contributed by atoms with van der Waals surface area (Å²) >= 11 is 0. The van der Waals surface area contributed by atoms with Crippen molar-refractivity contribution in [2.45, 2.75) is 20.3 Å². The number of phenolic OH excluding ortho intramolecular Hbond substituents is 1. The molecule has 0 aliphatic heterocycles. The quantitative estimate of drug-likeness (QED) is 0.483. The molecular weight excluding hydrogens is 344 g/mol. The molecule has 0 aliphatic carbocycles. The number of nitrogens with one attached hydrogen (secondary N) is 2. The molecule has 6 heteroatoms. The minimum atomic E-state index is -0.568. The van der Waals surface area contributed by atoms with E-state index in [1.54, 1.807) is 32.0 Å². The number of carbonyl (C=O) groups excluding carboxylic acids is 1. The number of H-pyrrole nitrogens is 1. The van der Waals surface area contributed by atoms with Crippen molar-refractivity contribution in [3.8, 4) is 5.75 Å². The van der Waals surface area contributed by atoms with Gasteiger partial charge in [-0.3, -0.25) is 4.79 Å². The van der Waals surface area contributed by atoms with Crippen molar-refractivity contribution < 1.29 is 14.3 Å². The van der Waals surface area contributed by atoms with Gasteiger partial charge in [0.15, 0.2) is 0 Å². The summed E-state index contributed by atoms with van der Waals surface area (Å²) in [5, 5.41) is 14.5. The fourth-order valence-electron chi connectivity index (χ4n) is 3.36. The summed E-state index contributed by atoms with van der Waals surface area (Å²) in [5.41, 5.74) is 2.95. The molecule has 0 unspecified atom stereocenters. The van der Waals surface area contributed by atoms with Crippen molar-refractivity contribution in [1.29, 1.82) is 0 Å². The molecule has 2 aromatic carbocycles. The highest BCUT2D eigenvalue weighted by Gasteiger charge is 2.17. The fourth-order valence-corrected chi connectivity index (χ4v) is 3.36. The van der Waals surface area contributed by atoms with Crippen LogP contribution in [0.25, 0.3) is 21.9 Å². The SMILES string of the molecule is Cc1cc(O)c2c(C)c(CC(=O)Nc3ccc4[nH]ccc4c3)c(=O)oc2c1. The van der Waals surface area contributed by atoms with Crippen LogP contribution < -0.4 is 10.9 Å². The Hall–Kier alpha value is -3.54. The van der Waals surface area contributed by atoms with Crippen LogP contribution in [0.4, 0.5) is 5.69 Å². The third-order valence-corrected chi connectivity index (χ3v) is 4.68. The van der Waals surface area contributed by atoms with Crippen molar-refractivity contribution in [1.82, 2.24) is 4.98 Å². The van der Waals surface area contributed by atoms with E-state index in [1.165, 1.54) is 0 Å². The highest BCUT2D eigenvalue weighted by atomic mass is 16.4. The van der Waals surface area contributed by atoms with Gasteiger partial charge in [-0.2, -0.15) is 0 Å². The number of benzene rings is 2. The number of amides is 1. The standard InChI is InChI=1S/C21H18N2O4/c1-11-7-17(24)20-12(2)15(21(26)27-18(20)8-11)10-19(25)23-14-3-4-16-13(9-14)5-6-22-16/h3-9,22,24H,10H2,1-2H3,(H,23,25). The van der Waals surface area contributed by atoms with Gasteiger partial charge in [0.25, 0.3) is 0 Å². The molecule has 4 rings (SSSR count). The summed E-state index contributed by atoms with van der Waals surface area (Å²) in [4.78, 5) is 27.9. The molecule has 1 amide bonds. The number of fused-ring (bicyclic) bond motifs is 2. The Morgan fingerprint density at radius 2 is 2.00 bits per heavy atom. The second kappa shape index (κ2) is 6.32. The van der Waals surface area contributed by atoms with Gasteiger partial charge >= 0.3 is 5.63 Å². The second-order valence-electron chi connectivity index (χ2n) is 6.65. The van der Waals surface area contributed by atoms with E-state index in [2.05, 4.69) is 10.3 Å². The molecule has 0 atom stereocenters. The minimum absolute atomic E-state index is 0.0332. The van der Waals surface area contributed by atoms with Gasteiger partial charge in [0.2, 0.25) is 5.91 Å². The number of rotatable bonds is 3. The number of aromatic nitrogens is 1. The first-order chi connectivity index (χ1) is 12.9. The number of phenols is 1. The number of carbonyl (C=O) groups is 1. The van der Waals surface area contributed by atoms with Crippen LogP contribution in [0.15, 0.2) is 51.8 Å². The lowest BCUT2D eigenvalue weighted by molar-refractivity contribution is -0.115. The highest BCUT2D eigenvalue weighted by Crippen LogP contribution is 2.30. The van der Waals surface area contributed by atoms with Gasteiger partial charge in [0, 0.05) is 22.8 Å². The third-order valence-electron chi connectivity index (χ3n) is 4.68. The molecule has 6 nitrogen and oxygen atoms in total. The summed E-state index contributed by atoms with van der Waals surface area (Å²) in [6.07, 6.45) is 1.69. The minimum Gasteiger partial charge on any atom is -0.507 e. The first kappa shape index (κ1) is 16.9. The Bertz CT molecular complexity index is 1250. The third kappa shape index (κ3) is 3.06.